The molecule has 1 saturated heterocycles. The fourth-order valence-corrected chi connectivity index (χ4v) is 1.98. The van der Waals surface area contributed by atoms with Crippen molar-refractivity contribution in [3.8, 4) is 0 Å². The van der Waals surface area contributed by atoms with Gasteiger partial charge in [-0.25, -0.2) is 0 Å². The first-order valence-electron chi connectivity index (χ1n) is 6.13. The highest BCUT2D eigenvalue weighted by Gasteiger charge is 2.21. The average Bonchev–Trinajstić information content (AvgIpc) is 3.03. The van der Waals surface area contributed by atoms with Crippen molar-refractivity contribution in [1.82, 2.24) is 10.2 Å². The van der Waals surface area contributed by atoms with E-state index in [4.69, 9.17) is 5.73 Å². The van der Waals surface area contributed by atoms with E-state index in [-0.39, 0.29) is 24.0 Å². The molecule has 16 heavy (non-hydrogen) atoms. The predicted octanol–water partition coefficient (Wildman–Crippen LogP) is 1.16. The highest BCUT2D eigenvalue weighted by atomic mass is 127. The first-order chi connectivity index (χ1) is 7.34. The second kappa shape index (κ2) is 7.32. The monoisotopic (exact) mass is 338 g/mol. The third-order valence-electron chi connectivity index (χ3n) is 3.08. The molecular weight excluding hydrogens is 315 g/mol. The molecule has 0 radical (unpaired) electrons. The number of aliphatic imine (C=N–C) groups is 1. The van der Waals surface area contributed by atoms with Crippen LogP contribution in [0.15, 0.2) is 4.99 Å². The van der Waals surface area contributed by atoms with E-state index in [1.54, 1.807) is 0 Å². The number of piperidine rings is 1. The van der Waals surface area contributed by atoms with E-state index >= 15 is 0 Å². The Balaban J connectivity index is 0.00000128. The first kappa shape index (κ1) is 14.0. The molecule has 0 aromatic heterocycles. The number of halogens is 1. The van der Waals surface area contributed by atoms with Crippen LogP contribution in [0, 0.1) is 0 Å². The zero-order chi connectivity index (χ0) is 10.5. The maximum absolute atomic E-state index is 5.75. The topological polar surface area (TPSA) is 53.6 Å². The normalized spacial score (nSPS) is 22.6. The summed E-state index contributed by atoms with van der Waals surface area (Å²) in [6.45, 7) is 4.38. The van der Waals surface area contributed by atoms with Crippen LogP contribution < -0.4 is 11.1 Å². The van der Waals surface area contributed by atoms with E-state index in [1.165, 1.54) is 45.2 Å². The Labute approximate surface area is 115 Å². The summed E-state index contributed by atoms with van der Waals surface area (Å²) in [4.78, 5) is 6.82. The van der Waals surface area contributed by atoms with Crippen LogP contribution in [0.25, 0.3) is 0 Å². The molecule has 1 saturated carbocycles. The van der Waals surface area contributed by atoms with E-state index in [2.05, 4.69) is 15.2 Å². The largest absolute Gasteiger partial charge is 0.370 e. The van der Waals surface area contributed by atoms with E-state index in [0.29, 0.717) is 12.0 Å². The van der Waals surface area contributed by atoms with Crippen molar-refractivity contribution < 1.29 is 0 Å². The van der Waals surface area contributed by atoms with Crippen molar-refractivity contribution in [1.29, 1.82) is 0 Å². The molecular formula is C11H23IN4. The Morgan fingerprint density at radius 1 is 1.25 bits per heavy atom. The van der Waals surface area contributed by atoms with Crippen LogP contribution in [0.3, 0.4) is 0 Å². The van der Waals surface area contributed by atoms with Crippen molar-refractivity contribution in [2.24, 2.45) is 10.7 Å². The summed E-state index contributed by atoms with van der Waals surface area (Å²) in [5.74, 6) is 0.634. The van der Waals surface area contributed by atoms with E-state index in [0.717, 1.165) is 13.1 Å². The molecule has 94 valence electrons. The molecule has 0 spiro atoms. The number of hydrogen-bond donors (Lipinski definition) is 2. The molecule has 1 aliphatic carbocycles. The van der Waals surface area contributed by atoms with Crippen molar-refractivity contribution >= 4 is 29.9 Å². The fraction of sp³-hybridized carbons (Fsp3) is 0.909. The van der Waals surface area contributed by atoms with Gasteiger partial charge in [0.25, 0.3) is 0 Å². The lowest BCUT2D eigenvalue weighted by Crippen LogP contribution is -2.35. The summed E-state index contributed by atoms with van der Waals surface area (Å²) in [6.07, 6.45) is 6.59. The lowest BCUT2D eigenvalue weighted by molar-refractivity contribution is 0.235. The molecule has 2 fully saturated rings. The van der Waals surface area contributed by atoms with Gasteiger partial charge in [0.05, 0.1) is 6.54 Å². The minimum atomic E-state index is 0. The minimum Gasteiger partial charge on any atom is -0.370 e. The number of likely N-dealkylation sites (tertiary alicyclic amines) is 1. The molecule has 0 aromatic rings. The number of nitrogens with zero attached hydrogens (tertiary/aromatic N) is 2. The Kier molecular flexibility index (Phi) is 6.41. The van der Waals surface area contributed by atoms with Crippen LogP contribution in [-0.2, 0) is 0 Å². The second-order valence-electron chi connectivity index (χ2n) is 4.59. The van der Waals surface area contributed by atoms with Gasteiger partial charge in [-0.3, -0.25) is 4.99 Å². The smallest absolute Gasteiger partial charge is 0.188 e. The predicted molar refractivity (Wildman–Crippen MR) is 78.4 cm³/mol. The highest BCUT2D eigenvalue weighted by molar-refractivity contribution is 14.0. The first-order valence-corrected chi connectivity index (χ1v) is 6.13. The number of rotatable bonds is 4. The van der Waals surface area contributed by atoms with E-state index in [1.807, 2.05) is 0 Å². The van der Waals surface area contributed by atoms with Gasteiger partial charge < -0.3 is 16.0 Å². The molecule has 0 bridgehead atoms. The van der Waals surface area contributed by atoms with Crippen LogP contribution in [0.5, 0.6) is 0 Å². The summed E-state index contributed by atoms with van der Waals surface area (Å²) in [5.41, 5.74) is 5.75. The van der Waals surface area contributed by atoms with E-state index < -0.39 is 0 Å². The zero-order valence-electron chi connectivity index (χ0n) is 9.82. The minimum absolute atomic E-state index is 0. The molecule has 2 aliphatic rings. The van der Waals surface area contributed by atoms with Gasteiger partial charge in [-0.05, 0) is 38.8 Å². The summed E-state index contributed by atoms with van der Waals surface area (Å²) < 4.78 is 0. The van der Waals surface area contributed by atoms with Gasteiger partial charge in [0.1, 0.15) is 0 Å². The Hall–Kier alpha value is -0.0400. The maximum Gasteiger partial charge on any atom is 0.188 e. The van der Waals surface area contributed by atoms with Gasteiger partial charge in [-0.1, -0.05) is 6.42 Å². The summed E-state index contributed by atoms with van der Waals surface area (Å²) in [5, 5.41) is 3.20. The van der Waals surface area contributed by atoms with Gasteiger partial charge in [0, 0.05) is 12.6 Å². The SMILES string of the molecule is I.NC(=NCCN1CCCCC1)NC1CC1. The Morgan fingerprint density at radius 3 is 2.56 bits per heavy atom. The standard InChI is InChI=1S/C11H22N4.HI/c12-11(14-10-4-5-10)13-6-9-15-7-2-1-3-8-15;/h10H,1-9H2,(H3,12,13,14);1H. The fourth-order valence-electron chi connectivity index (χ4n) is 1.98. The van der Waals surface area contributed by atoms with Crippen molar-refractivity contribution in [2.45, 2.75) is 38.1 Å². The zero-order valence-corrected chi connectivity index (χ0v) is 12.2. The number of nitrogens with one attached hydrogen (secondary N) is 1. The summed E-state index contributed by atoms with van der Waals surface area (Å²) in [7, 11) is 0. The molecule has 0 atom stereocenters. The second-order valence-corrected chi connectivity index (χ2v) is 4.59. The molecule has 4 nitrogen and oxygen atoms in total. The Morgan fingerprint density at radius 2 is 1.94 bits per heavy atom. The number of guanidine groups is 1. The number of nitrogens with two attached hydrogens (primary N) is 1. The molecule has 0 aromatic carbocycles. The average molecular weight is 338 g/mol. The molecule has 1 heterocycles. The van der Waals surface area contributed by atoms with Crippen LogP contribution in [0.1, 0.15) is 32.1 Å². The summed E-state index contributed by atoms with van der Waals surface area (Å²) in [6, 6.07) is 0.615. The third kappa shape index (κ3) is 5.34. The van der Waals surface area contributed by atoms with Gasteiger partial charge in [0.2, 0.25) is 0 Å². The van der Waals surface area contributed by atoms with Gasteiger partial charge in [0.15, 0.2) is 5.96 Å². The lowest BCUT2D eigenvalue weighted by Gasteiger charge is -2.25. The van der Waals surface area contributed by atoms with Crippen LogP contribution in [0.4, 0.5) is 0 Å². The van der Waals surface area contributed by atoms with Crippen LogP contribution in [0.2, 0.25) is 0 Å². The van der Waals surface area contributed by atoms with Crippen molar-refractivity contribution in [3.63, 3.8) is 0 Å². The van der Waals surface area contributed by atoms with Crippen LogP contribution >= 0.6 is 24.0 Å². The molecule has 3 N–H and O–H groups in total. The molecule has 0 unspecified atom stereocenters. The van der Waals surface area contributed by atoms with Gasteiger partial charge in [-0.2, -0.15) is 0 Å². The number of hydrogen-bond acceptors (Lipinski definition) is 2. The molecule has 0 amide bonds. The quantitative estimate of drug-likeness (QED) is 0.460. The Bertz CT molecular complexity index is 222. The molecule has 2 rings (SSSR count). The third-order valence-corrected chi connectivity index (χ3v) is 3.08. The highest BCUT2D eigenvalue weighted by Crippen LogP contribution is 2.17. The van der Waals surface area contributed by atoms with E-state index in [9.17, 15) is 0 Å². The summed E-state index contributed by atoms with van der Waals surface area (Å²) >= 11 is 0. The van der Waals surface area contributed by atoms with Crippen LogP contribution in [-0.4, -0.2) is 43.1 Å². The van der Waals surface area contributed by atoms with Crippen molar-refractivity contribution in [2.75, 3.05) is 26.2 Å². The van der Waals surface area contributed by atoms with Crippen molar-refractivity contribution in [3.05, 3.63) is 0 Å². The molecule has 5 heteroatoms. The maximum atomic E-state index is 5.75. The lowest BCUT2D eigenvalue weighted by atomic mass is 10.1. The van der Waals surface area contributed by atoms with Gasteiger partial charge in [-0.15, -0.1) is 24.0 Å². The molecule has 1 aliphatic heterocycles. The van der Waals surface area contributed by atoms with Gasteiger partial charge >= 0.3 is 0 Å².